The van der Waals surface area contributed by atoms with E-state index in [0.717, 1.165) is 11.1 Å². The number of nitrogen functional groups attached to an aromatic ring is 1. The standard InChI is InChI=1S/C28H20N2O4/c29-24-15-13-23(14-16-24)28(32)26(18-19-5-4-8-25(17-19)30(33)34)27(31)22-11-9-21(10-12-22)20-6-2-1-3-7-20/h1-18H,29H2/b26-18+. The maximum atomic E-state index is 13.4. The topological polar surface area (TPSA) is 103 Å². The summed E-state index contributed by atoms with van der Waals surface area (Å²) in [5.74, 6) is -0.975. The highest BCUT2D eigenvalue weighted by Gasteiger charge is 2.22. The van der Waals surface area contributed by atoms with Gasteiger partial charge in [-0.05, 0) is 47.0 Å². The van der Waals surface area contributed by atoms with Gasteiger partial charge in [-0.15, -0.1) is 0 Å². The number of nitrogens with zero attached hydrogens (tertiary/aromatic N) is 1. The van der Waals surface area contributed by atoms with Gasteiger partial charge in [0.25, 0.3) is 5.69 Å². The molecule has 4 aromatic rings. The van der Waals surface area contributed by atoms with E-state index in [0.29, 0.717) is 22.4 Å². The Labute approximate surface area is 196 Å². The molecule has 2 N–H and O–H groups in total. The van der Waals surface area contributed by atoms with Crippen LogP contribution < -0.4 is 5.73 Å². The normalized spacial score (nSPS) is 11.1. The number of nitro groups is 1. The molecule has 0 aliphatic carbocycles. The molecule has 4 rings (SSSR count). The molecule has 0 atom stereocenters. The van der Waals surface area contributed by atoms with Crippen molar-refractivity contribution in [3.63, 3.8) is 0 Å². The molecule has 6 heteroatoms. The minimum atomic E-state index is -0.525. The first-order chi connectivity index (χ1) is 16.4. The van der Waals surface area contributed by atoms with Crippen molar-refractivity contribution in [1.29, 1.82) is 0 Å². The lowest BCUT2D eigenvalue weighted by atomic mass is 9.93. The van der Waals surface area contributed by atoms with Crippen molar-refractivity contribution in [2.75, 3.05) is 5.73 Å². The zero-order chi connectivity index (χ0) is 24.1. The molecule has 0 amide bonds. The summed E-state index contributed by atoms with van der Waals surface area (Å²) in [5, 5.41) is 11.2. The molecule has 4 aromatic carbocycles. The summed E-state index contributed by atoms with van der Waals surface area (Å²) >= 11 is 0. The molecule has 0 radical (unpaired) electrons. The number of rotatable bonds is 7. The molecule has 0 saturated heterocycles. The van der Waals surface area contributed by atoms with Crippen LogP contribution in [-0.2, 0) is 0 Å². The average Bonchev–Trinajstić information content (AvgIpc) is 2.88. The number of nitro benzene ring substituents is 1. The lowest BCUT2D eigenvalue weighted by Crippen LogP contribution is -2.14. The number of non-ortho nitro benzene ring substituents is 1. The maximum Gasteiger partial charge on any atom is 0.270 e. The molecule has 0 fully saturated rings. The highest BCUT2D eigenvalue weighted by atomic mass is 16.6. The first kappa shape index (κ1) is 22.4. The van der Waals surface area contributed by atoms with E-state index in [9.17, 15) is 19.7 Å². The molecular weight excluding hydrogens is 428 g/mol. The summed E-state index contributed by atoms with van der Waals surface area (Å²) in [6.07, 6.45) is 1.39. The Bertz CT molecular complexity index is 1390. The van der Waals surface area contributed by atoms with E-state index < -0.39 is 16.5 Å². The van der Waals surface area contributed by atoms with Gasteiger partial charge in [0, 0.05) is 28.9 Å². The number of carbonyl (C=O) groups is 2. The van der Waals surface area contributed by atoms with Gasteiger partial charge in [0.15, 0.2) is 11.6 Å². The second kappa shape index (κ2) is 9.75. The number of Topliss-reactive ketones (excluding diaryl/α,β-unsaturated/α-hetero) is 2. The Hall–Kier alpha value is -4.84. The third-order valence-corrected chi connectivity index (χ3v) is 5.31. The van der Waals surface area contributed by atoms with E-state index in [2.05, 4.69) is 0 Å². The Balaban J connectivity index is 1.75. The summed E-state index contributed by atoms with van der Waals surface area (Å²) in [4.78, 5) is 37.4. The number of nitrogens with two attached hydrogens (primary N) is 1. The van der Waals surface area contributed by atoms with Crippen LogP contribution in [0.2, 0.25) is 0 Å². The van der Waals surface area contributed by atoms with Crippen molar-refractivity contribution in [2.24, 2.45) is 0 Å². The van der Waals surface area contributed by atoms with Crippen LogP contribution in [0.5, 0.6) is 0 Å². The number of allylic oxidation sites excluding steroid dienone is 1. The van der Waals surface area contributed by atoms with Crippen molar-refractivity contribution in [2.45, 2.75) is 0 Å². The fraction of sp³-hybridized carbons (Fsp3) is 0. The van der Waals surface area contributed by atoms with Gasteiger partial charge < -0.3 is 5.73 Å². The summed E-state index contributed by atoms with van der Waals surface area (Å²) in [7, 11) is 0. The van der Waals surface area contributed by atoms with Crippen LogP contribution in [0.3, 0.4) is 0 Å². The smallest absolute Gasteiger partial charge is 0.270 e. The summed E-state index contributed by atoms with van der Waals surface area (Å²) in [5.41, 5.74) is 8.93. The first-order valence-electron chi connectivity index (χ1n) is 10.5. The largest absolute Gasteiger partial charge is 0.399 e. The van der Waals surface area contributed by atoms with Gasteiger partial charge in [-0.3, -0.25) is 19.7 Å². The lowest BCUT2D eigenvalue weighted by molar-refractivity contribution is -0.384. The third-order valence-electron chi connectivity index (χ3n) is 5.31. The molecular formula is C28H20N2O4. The molecule has 0 aromatic heterocycles. The molecule has 6 nitrogen and oxygen atoms in total. The van der Waals surface area contributed by atoms with E-state index in [1.54, 1.807) is 42.5 Å². The second-order valence-electron chi connectivity index (χ2n) is 7.63. The van der Waals surface area contributed by atoms with Crippen LogP contribution in [0, 0.1) is 10.1 Å². The zero-order valence-electron chi connectivity index (χ0n) is 18.0. The van der Waals surface area contributed by atoms with Gasteiger partial charge in [0.1, 0.15) is 0 Å². The highest BCUT2D eigenvalue weighted by Crippen LogP contribution is 2.24. The van der Waals surface area contributed by atoms with Crippen molar-refractivity contribution in [3.05, 3.63) is 136 Å². The van der Waals surface area contributed by atoms with E-state index in [4.69, 9.17) is 5.73 Å². The molecule has 0 unspecified atom stereocenters. The highest BCUT2D eigenvalue weighted by molar-refractivity contribution is 6.33. The Kier molecular flexibility index (Phi) is 6.41. The molecule has 0 bridgehead atoms. The van der Waals surface area contributed by atoms with Crippen molar-refractivity contribution >= 4 is 29.0 Å². The molecule has 166 valence electrons. The van der Waals surface area contributed by atoms with Crippen molar-refractivity contribution in [1.82, 2.24) is 0 Å². The van der Waals surface area contributed by atoms with Crippen LogP contribution in [0.25, 0.3) is 17.2 Å². The van der Waals surface area contributed by atoms with Gasteiger partial charge in [0.05, 0.1) is 10.5 Å². The molecule has 0 heterocycles. The number of anilines is 1. The molecule has 0 aliphatic heterocycles. The lowest BCUT2D eigenvalue weighted by Gasteiger charge is -2.09. The van der Waals surface area contributed by atoms with E-state index in [1.807, 2.05) is 42.5 Å². The minimum Gasteiger partial charge on any atom is -0.399 e. The maximum absolute atomic E-state index is 13.4. The van der Waals surface area contributed by atoms with Gasteiger partial charge >= 0.3 is 0 Å². The van der Waals surface area contributed by atoms with Crippen LogP contribution in [-0.4, -0.2) is 16.5 Å². The molecule has 0 aliphatic rings. The number of carbonyl (C=O) groups excluding carboxylic acids is 2. The van der Waals surface area contributed by atoms with Crippen LogP contribution in [0.15, 0.2) is 109 Å². The zero-order valence-corrected chi connectivity index (χ0v) is 18.0. The number of hydrogen-bond acceptors (Lipinski definition) is 5. The van der Waals surface area contributed by atoms with Crippen molar-refractivity contribution < 1.29 is 14.5 Å². The van der Waals surface area contributed by atoms with Gasteiger partial charge in [-0.1, -0.05) is 66.7 Å². The SMILES string of the molecule is Nc1ccc(C(=O)/C(=C/c2cccc([N+](=O)[O-])c2)C(=O)c2ccc(-c3ccccc3)cc2)cc1. The predicted molar refractivity (Wildman–Crippen MR) is 132 cm³/mol. The summed E-state index contributed by atoms with van der Waals surface area (Å²) in [6.45, 7) is 0. The van der Waals surface area contributed by atoms with E-state index in [-0.39, 0.29) is 11.3 Å². The summed E-state index contributed by atoms with van der Waals surface area (Å²) in [6, 6.07) is 28.7. The van der Waals surface area contributed by atoms with Crippen LogP contribution >= 0.6 is 0 Å². The summed E-state index contributed by atoms with van der Waals surface area (Å²) < 4.78 is 0. The first-order valence-corrected chi connectivity index (χ1v) is 10.5. The van der Waals surface area contributed by atoms with E-state index >= 15 is 0 Å². The molecule has 0 saturated carbocycles. The third kappa shape index (κ3) is 4.97. The monoisotopic (exact) mass is 448 g/mol. The Morgan fingerprint density at radius 3 is 1.85 bits per heavy atom. The van der Waals surface area contributed by atoms with Gasteiger partial charge in [-0.25, -0.2) is 0 Å². The molecule has 34 heavy (non-hydrogen) atoms. The van der Waals surface area contributed by atoms with Gasteiger partial charge in [0.2, 0.25) is 0 Å². The van der Waals surface area contributed by atoms with Gasteiger partial charge in [-0.2, -0.15) is 0 Å². The number of ketones is 2. The molecule has 0 spiro atoms. The number of benzene rings is 4. The fourth-order valence-corrected chi connectivity index (χ4v) is 3.52. The van der Waals surface area contributed by atoms with Crippen molar-refractivity contribution in [3.8, 4) is 11.1 Å². The average molecular weight is 448 g/mol. The van der Waals surface area contributed by atoms with Crippen LogP contribution in [0.1, 0.15) is 26.3 Å². The Morgan fingerprint density at radius 1 is 0.706 bits per heavy atom. The Morgan fingerprint density at radius 2 is 1.26 bits per heavy atom. The minimum absolute atomic E-state index is 0.0993. The number of hydrogen-bond donors (Lipinski definition) is 1. The second-order valence-corrected chi connectivity index (χ2v) is 7.63. The predicted octanol–water partition coefficient (Wildman–Crippen LogP) is 5.99. The van der Waals surface area contributed by atoms with E-state index in [1.165, 1.54) is 24.3 Å². The quantitative estimate of drug-likeness (QED) is 0.0711. The fourth-order valence-electron chi connectivity index (χ4n) is 3.52. The van der Waals surface area contributed by atoms with Crippen LogP contribution in [0.4, 0.5) is 11.4 Å².